The smallest absolute Gasteiger partial charge is 0.211 e. The second-order valence-corrected chi connectivity index (χ2v) is 6.32. The predicted octanol–water partition coefficient (Wildman–Crippen LogP) is 0.611. The third-order valence-electron chi connectivity index (χ3n) is 2.07. The lowest BCUT2D eigenvalue weighted by Gasteiger charge is -2.17. The summed E-state index contributed by atoms with van der Waals surface area (Å²) in [6.07, 6.45) is 4.21. The number of hydrogen-bond acceptors (Lipinski definition) is 4. The highest BCUT2D eigenvalue weighted by Crippen LogP contribution is 1.98. The van der Waals surface area contributed by atoms with E-state index >= 15 is 0 Å². The molecule has 0 saturated carbocycles. The van der Waals surface area contributed by atoms with Gasteiger partial charge in [-0.3, -0.25) is 0 Å². The van der Waals surface area contributed by atoms with Gasteiger partial charge in [-0.25, -0.2) is 12.7 Å². The lowest BCUT2D eigenvalue weighted by Crippen LogP contribution is -2.32. The van der Waals surface area contributed by atoms with Crippen molar-refractivity contribution in [3.8, 4) is 0 Å². The molecule has 0 fully saturated rings. The Morgan fingerprint density at radius 2 is 2.00 bits per heavy atom. The first-order chi connectivity index (χ1) is 7.02. The van der Waals surface area contributed by atoms with Crippen LogP contribution in [0.2, 0.25) is 0 Å². The van der Waals surface area contributed by atoms with E-state index < -0.39 is 10.0 Å². The van der Waals surface area contributed by atoms with Gasteiger partial charge in [-0.15, -0.1) is 0 Å². The van der Waals surface area contributed by atoms with Crippen LogP contribution in [0.25, 0.3) is 0 Å². The number of sulfonamides is 1. The number of rotatable bonds is 9. The maximum atomic E-state index is 11.2. The number of hydrogen-bond donors (Lipinski definition) is 1. The normalized spacial score (nSPS) is 12.3. The minimum atomic E-state index is -3.01. The Morgan fingerprint density at radius 1 is 1.33 bits per heavy atom. The van der Waals surface area contributed by atoms with Gasteiger partial charge < -0.3 is 5.32 Å². The minimum Gasteiger partial charge on any atom is -0.316 e. The van der Waals surface area contributed by atoms with Crippen LogP contribution in [-0.4, -0.2) is 57.2 Å². The molecule has 15 heavy (non-hydrogen) atoms. The minimum absolute atomic E-state index is 0.559. The summed E-state index contributed by atoms with van der Waals surface area (Å²) in [7, 11) is -3.01. The molecule has 6 heteroatoms. The van der Waals surface area contributed by atoms with E-state index in [1.54, 1.807) is 11.8 Å². The lowest BCUT2D eigenvalue weighted by molar-refractivity contribution is 0.420. The highest BCUT2D eigenvalue weighted by atomic mass is 32.2. The van der Waals surface area contributed by atoms with Crippen molar-refractivity contribution in [1.82, 2.24) is 9.62 Å². The van der Waals surface area contributed by atoms with E-state index in [0.29, 0.717) is 13.1 Å². The quantitative estimate of drug-likeness (QED) is 0.613. The molecule has 0 rings (SSSR count). The van der Waals surface area contributed by atoms with Crippen molar-refractivity contribution < 1.29 is 8.42 Å². The molecule has 0 saturated heterocycles. The van der Waals surface area contributed by atoms with E-state index in [9.17, 15) is 8.42 Å². The molecule has 0 atom stereocenters. The maximum Gasteiger partial charge on any atom is 0.211 e. The summed E-state index contributed by atoms with van der Waals surface area (Å²) in [4.78, 5) is 0. The first-order valence-electron chi connectivity index (χ1n) is 5.17. The molecular formula is C9H22N2O2S2. The third-order valence-corrected chi connectivity index (χ3v) is 4.06. The van der Waals surface area contributed by atoms with Crippen LogP contribution in [0.5, 0.6) is 0 Å². The van der Waals surface area contributed by atoms with Crippen molar-refractivity contribution in [2.75, 3.05) is 44.4 Å². The molecule has 0 aliphatic rings. The van der Waals surface area contributed by atoms with Crippen molar-refractivity contribution in [1.29, 1.82) is 0 Å². The molecule has 0 amide bonds. The van der Waals surface area contributed by atoms with E-state index in [2.05, 4.69) is 11.6 Å². The monoisotopic (exact) mass is 254 g/mol. The van der Waals surface area contributed by atoms with Crippen molar-refractivity contribution >= 4 is 21.8 Å². The van der Waals surface area contributed by atoms with Crippen LogP contribution in [0, 0.1) is 0 Å². The summed E-state index contributed by atoms with van der Waals surface area (Å²) < 4.78 is 24.0. The number of nitrogens with one attached hydrogen (secondary N) is 1. The summed E-state index contributed by atoms with van der Waals surface area (Å²) in [5.41, 5.74) is 0. The van der Waals surface area contributed by atoms with Crippen LogP contribution < -0.4 is 5.32 Å². The molecule has 0 radical (unpaired) electrons. The van der Waals surface area contributed by atoms with Crippen molar-refractivity contribution in [3.63, 3.8) is 0 Å². The number of nitrogens with zero attached hydrogens (tertiary/aromatic N) is 1. The van der Waals surface area contributed by atoms with Gasteiger partial charge in [-0.2, -0.15) is 11.8 Å². The fourth-order valence-corrected chi connectivity index (χ4v) is 2.52. The summed E-state index contributed by atoms with van der Waals surface area (Å²) in [6.45, 7) is 4.91. The van der Waals surface area contributed by atoms with Gasteiger partial charge in [0.15, 0.2) is 0 Å². The van der Waals surface area contributed by atoms with Gasteiger partial charge in [0.2, 0.25) is 10.0 Å². The summed E-state index contributed by atoms with van der Waals surface area (Å²) in [6, 6.07) is 0. The van der Waals surface area contributed by atoms with E-state index in [-0.39, 0.29) is 0 Å². The van der Waals surface area contributed by atoms with E-state index in [0.717, 1.165) is 25.3 Å². The highest BCUT2D eigenvalue weighted by Gasteiger charge is 2.12. The zero-order valence-electron chi connectivity index (χ0n) is 9.82. The molecule has 0 heterocycles. The Hall–Kier alpha value is 0.220. The van der Waals surface area contributed by atoms with Crippen molar-refractivity contribution in [2.45, 2.75) is 13.3 Å². The molecular weight excluding hydrogens is 232 g/mol. The SMILES string of the molecule is CCN(CCCNCCSC)S(C)(=O)=O. The average Bonchev–Trinajstić information content (AvgIpc) is 2.15. The third kappa shape index (κ3) is 8.07. The van der Waals surface area contributed by atoms with Gasteiger partial charge in [0.1, 0.15) is 0 Å². The zero-order chi connectivity index (χ0) is 11.7. The molecule has 0 aliphatic carbocycles. The molecule has 4 nitrogen and oxygen atoms in total. The largest absolute Gasteiger partial charge is 0.316 e. The molecule has 0 aromatic rings. The van der Waals surface area contributed by atoms with Crippen molar-refractivity contribution in [3.05, 3.63) is 0 Å². The van der Waals surface area contributed by atoms with E-state index in [4.69, 9.17) is 0 Å². The van der Waals surface area contributed by atoms with Crippen LogP contribution in [0.15, 0.2) is 0 Å². The molecule has 0 aromatic heterocycles. The first kappa shape index (κ1) is 15.2. The number of thioether (sulfide) groups is 1. The van der Waals surface area contributed by atoms with Gasteiger partial charge >= 0.3 is 0 Å². The Bertz CT molecular complexity index is 242. The maximum absolute atomic E-state index is 11.2. The van der Waals surface area contributed by atoms with E-state index in [1.165, 1.54) is 10.6 Å². The van der Waals surface area contributed by atoms with Gasteiger partial charge in [-0.05, 0) is 19.2 Å². The lowest BCUT2D eigenvalue weighted by atomic mass is 10.4. The van der Waals surface area contributed by atoms with Gasteiger partial charge in [0.25, 0.3) is 0 Å². The molecule has 0 bridgehead atoms. The summed E-state index contributed by atoms with van der Waals surface area (Å²) in [5.74, 6) is 1.10. The first-order valence-corrected chi connectivity index (χ1v) is 8.41. The Labute approximate surface area is 97.9 Å². The predicted molar refractivity (Wildman–Crippen MR) is 68.0 cm³/mol. The summed E-state index contributed by atoms with van der Waals surface area (Å²) in [5, 5.41) is 3.27. The van der Waals surface area contributed by atoms with Crippen LogP contribution in [0.1, 0.15) is 13.3 Å². The fraction of sp³-hybridized carbons (Fsp3) is 1.00. The van der Waals surface area contributed by atoms with Gasteiger partial charge in [0.05, 0.1) is 6.26 Å². The molecule has 92 valence electrons. The second kappa shape index (κ2) is 8.38. The molecule has 0 aromatic carbocycles. The molecule has 1 N–H and O–H groups in total. The van der Waals surface area contributed by atoms with Gasteiger partial charge in [-0.1, -0.05) is 6.92 Å². The zero-order valence-corrected chi connectivity index (χ0v) is 11.5. The van der Waals surface area contributed by atoms with Gasteiger partial charge in [0, 0.05) is 25.4 Å². The summed E-state index contributed by atoms with van der Waals surface area (Å²) >= 11 is 1.81. The topological polar surface area (TPSA) is 49.4 Å². The van der Waals surface area contributed by atoms with E-state index in [1.807, 2.05) is 6.92 Å². The van der Waals surface area contributed by atoms with Crippen LogP contribution in [0.3, 0.4) is 0 Å². The Kier molecular flexibility index (Phi) is 8.50. The van der Waals surface area contributed by atoms with Crippen LogP contribution in [0.4, 0.5) is 0 Å². The molecule has 0 unspecified atom stereocenters. The second-order valence-electron chi connectivity index (χ2n) is 3.35. The molecule has 0 aliphatic heterocycles. The van der Waals surface area contributed by atoms with Crippen LogP contribution in [-0.2, 0) is 10.0 Å². The fourth-order valence-electron chi connectivity index (χ4n) is 1.24. The van der Waals surface area contributed by atoms with Crippen molar-refractivity contribution in [2.24, 2.45) is 0 Å². The standard InChI is InChI=1S/C9H22N2O2S2/c1-4-11(15(3,12)13)8-5-6-10-7-9-14-2/h10H,4-9H2,1-3H3. The van der Waals surface area contributed by atoms with Crippen LogP contribution >= 0.6 is 11.8 Å². The molecule has 0 spiro atoms. The average molecular weight is 254 g/mol. The Balaban J connectivity index is 3.57. The highest BCUT2D eigenvalue weighted by molar-refractivity contribution is 7.98. The Morgan fingerprint density at radius 3 is 2.47 bits per heavy atom.